The quantitative estimate of drug-likeness (QED) is 0.548. The topological polar surface area (TPSA) is 17.1 Å². The number of allylic oxidation sites excluding steroid dienone is 2. The van der Waals surface area contributed by atoms with Gasteiger partial charge in [0.2, 0.25) is 0 Å². The molecule has 0 N–H and O–H groups in total. The molecule has 1 rings (SSSR count). The van der Waals surface area contributed by atoms with Crippen LogP contribution in [0.4, 0.5) is 0 Å². The molecule has 0 atom stereocenters. The molecule has 0 bridgehead atoms. The van der Waals surface area contributed by atoms with Gasteiger partial charge in [0.15, 0.2) is 5.78 Å². The molecule has 0 amide bonds. The molecular formula is C17H24OS. The number of ketones is 1. The average Bonchev–Trinajstić information content (AvgIpc) is 2.27. The van der Waals surface area contributed by atoms with Crippen molar-refractivity contribution in [2.24, 2.45) is 10.8 Å². The Balaban J connectivity index is 3.04. The molecule has 19 heavy (non-hydrogen) atoms. The van der Waals surface area contributed by atoms with Crippen molar-refractivity contribution in [1.82, 2.24) is 0 Å². The van der Waals surface area contributed by atoms with Crippen molar-refractivity contribution in [2.45, 2.75) is 46.4 Å². The zero-order chi connectivity index (χ0) is 14.7. The highest BCUT2D eigenvalue weighted by atomic mass is 32.2. The number of carbonyl (C=O) groups is 1. The van der Waals surface area contributed by atoms with E-state index in [0.717, 1.165) is 4.91 Å². The first-order chi connectivity index (χ1) is 8.60. The van der Waals surface area contributed by atoms with E-state index in [-0.39, 0.29) is 16.6 Å². The van der Waals surface area contributed by atoms with Crippen LogP contribution in [0.15, 0.2) is 46.2 Å². The van der Waals surface area contributed by atoms with Gasteiger partial charge in [0.05, 0.1) is 0 Å². The van der Waals surface area contributed by atoms with E-state index in [0.29, 0.717) is 0 Å². The van der Waals surface area contributed by atoms with Crippen LogP contribution in [0.2, 0.25) is 0 Å². The summed E-state index contributed by atoms with van der Waals surface area (Å²) >= 11 is 1.68. The van der Waals surface area contributed by atoms with Gasteiger partial charge in [-0.1, -0.05) is 71.5 Å². The van der Waals surface area contributed by atoms with Crippen molar-refractivity contribution in [3.8, 4) is 0 Å². The van der Waals surface area contributed by atoms with E-state index in [2.05, 4.69) is 32.9 Å². The van der Waals surface area contributed by atoms with E-state index in [4.69, 9.17) is 0 Å². The SMILES string of the molecule is CC(C)(C)C(=O)/C=C(\Sc1ccccc1)C(C)(C)C. The largest absolute Gasteiger partial charge is 0.294 e. The summed E-state index contributed by atoms with van der Waals surface area (Å²) in [5.74, 6) is 0.181. The van der Waals surface area contributed by atoms with Gasteiger partial charge in [0.25, 0.3) is 0 Å². The second-order valence-electron chi connectivity index (χ2n) is 6.79. The Morgan fingerprint density at radius 3 is 1.89 bits per heavy atom. The lowest BCUT2D eigenvalue weighted by atomic mass is 9.88. The molecule has 0 spiro atoms. The molecule has 1 aromatic rings. The summed E-state index contributed by atoms with van der Waals surface area (Å²) in [4.78, 5) is 14.5. The monoisotopic (exact) mass is 276 g/mol. The van der Waals surface area contributed by atoms with Crippen LogP contribution >= 0.6 is 11.8 Å². The molecule has 2 heteroatoms. The van der Waals surface area contributed by atoms with Gasteiger partial charge in [-0.05, 0) is 28.5 Å². The third-order valence-electron chi connectivity index (χ3n) is 2.71. The fourth-order valence-electron chi connectivity index (χ4n) is 1.35. The Kier molecular flexibility index (Phi) is 5.03. The zero-order valence-corrected chi connectivity index (χ0v) is 13.6. The van der Waals surface area contributed by atoms with Gasteiger partial charge >= 0.3 is 0 Å². The summed E-state index contributed by atoms with van der Waals surface area (Å²) in [5, 5.41) is 0. The van der Waals surface area contributed by atoms with Crippen LogP contribution < -0.4 is 0 Å². The maximum atomic E-state index is 12.2. The molecule has 0 aliphatic heterocycles. The first-order valence-electron chi connectivity index (χ1n) is 6.60. The zero-order valence-electron chi connectivity index (χ0n) is 12.8. The molecular weight excluding hydrogens is 252 g/mol. The summed E-state index contributed by atoms with van der Waals surface area (Å²) < 4.78 is 0. The molecule has 0 heterocycles. The summed E-state index contributed by atoms with van der Waals surface area (Å²) in [7, 11) is 0. The Bertz CT molecular complexity index is 458. The van der Waals surface area contributed by atoms with E-state index in [1.165, 1.54) is 4.90 Å². The summed E-state index contributed by atoms with van der Waals surface area (Å²) in [6.07, 6.45) is 1.82. The molecule has 104 valence electrons. The van der Waals surface area contributed by atoms with E-state index >= 15 is 0 Å². The number of rotatable bonds is 3. The number of carbonyl (C=O) groups excluding carboxylic acids is 1. The second kappa shape index (κ2) is 5.96. The van der Waals surface area contributed by atoms with Crippen molar-refractivity contribution in [3.63, 3.8) is 0 Å². The van der Waals surface area contributed by atoms with Gasteiger partial charge in [-0.3, -0.25) is 4.79 Å². The van der Waals surface area contributed by atoms with Crippen LogP contribution in [0, 0.1) is 10.8 Å². The van der Waals surface area contributed by atoms with Gasteiger partial charge in [-0.2, -0.15) is 0 Å². The lowest BCUT2D eigenvalue weighted by Crippen LogP contribution is -2.19. The smallest absolute Gasteiger partial charge is 0.161 e. The van der Waals surface area contributed by atoms with Crippen LogP contribution in [0.25, 0.3) is 0 Å². The first-order valence-corrected chi connectivity index (χ1v) is 7.42. The average molecular weight is 276 g/mol. The third kappa shape index (κ3) is 5.23. The van der Waals surface area contributed by atoms with E-state index in [9.17, 15) is 4.79 Å². The van der Waals surface area contributed by atoms with Gasteiger partial charge < -0.3 is 0 Å². The second-order valence-corrected chi connectivity index (χ2v) is 7.90. The minimum absolute atomic E-state index is 0.0264. The Morgan fingerprint density at radius 1 is 0.947 bits per heavy atom. The maximum absolute atomic E-state index is 12.2. The third-order valence-corrected chi connectivity index (χ3v) is 4.17. The lowest BCUT2D eigenvalue weighted by molar-refractivity contribution is -0.121. The number of benzene rings is 1. The standard InChI is InChI=1S/C17H24OS/c1-16(2,3)14(18)12-15(17(4,5)6)19-13-10-8-7-9-11-13/h7-12H,1-6H3/b15-12-. The Hall–Kier alpha value is -1.02. The predicted octanol–water partition coefficient (Wildman–Crippen LogP) is 5.32. The summed E-state index contributed by atoms with van der Waals surface area (Å²) in [6.45, 7) is 12.3. The van der Waals surface area contributed by atoms with Crippen LogP contribution in [0.3, 0.4) is 0 Å². The Morgan fingerprint density at radius 2 is 1.47 bits per heavy atom. The Labute approximate surface area is 121 Å². The van der Waals surface area contributed by atoms with Crippen molar-refractivity contribution < 1.29 is 4.79 Å². The molecule has 0 saturated heterocycles. The van der Waals surface area contributed by atoms with Crippen molar-refractivity contribution in [2.75, 3.05) is 0 Å². The van der Waals surface area contributed by atoms with Crippen LogP contribution in [-0.2, 0) is 4.79 Å². The molecule has 0 aliphatic carbocycles. The summed E-state index contributed by atoms with van der Waals surface area (Å²) in [6, 6.07) is 10.2. The molecule has 0 aliphatic rings. The van der Waals surface area contributed by atoms with Gasteiger partial charge in [0, 0.05) is 10.3 Å². The van der Waals surface area contributed by atoms with E-state index in [1.54, 1.807) is 11.8 Å². The highest BCUT2D eigenvalue weighted by Gasteiger charge is 2.24. The normalized spacial score (nSPS) is 13.5. The fourth-order valence-corrected chi connectivity index (χ4v) is 2.37. The van der Waals surface area contributed by atoms with Crippen LogP contribution in [-0.4, -0.2) is 5.78 Å². The molecule has 0 radical (unpaired) electrons. The van der Waals surface area contributed by atoms with Crippen molar-refractivity contribution in [1.29, 1.82) is 0 Å². The molecule has 0 saturated carbocycles. The molecule has 1 aromatic carbocycles. The predicted molar refractivity (Wildman–Crippen MR) is 84.3 cm³/mol. The first kappa shape index (κ1) is 16.0. The van der Waals surface area contributed by atoms with E-state index < -0.39 is 0 Å². The van der Waals surface area contributed by atoms with Crippen molar-refractivity contribution in [3.05, 3.63) is 41.3 Å². The van der Waals surface area contributed by atoms with E-state index in [1.807, 2.05) is 45.0 Å². The molecule has 0 unspecified atom stereocenters. The van der Waals surface area contributed by atoms with Crippen LogP contribution in [0.1, 0.15) is 41.5 Å². The van der Waals surface area contributed by atoms with Gasteiger partial charge in [-0.25, -0.2) is 0 Å². The summed E-state index contributed by atoms with van der Waals surface area (Å²) in [5.41, 5.74) is -0.352. The lowest BCUT2D eigenvalue weighted by Gasteiger charge is -2.24. The number of hydrogen-bond donors (Lipinski definition) is 0. The minimum atomic E-state index is -0.326. The molecule has 0 fully saturated rings. The van der Waals surface area contributed by atoms with Crippen molar-refractivity contribution >= 4 is 17.5 Å². The fraction of sp³-hybridized carbons (Fsp3) is 0.471. The highest BCUT2D eigenvalue weighted by Crippen LogP contribution is 2.39. The van der Waals surface area contributed by atoms with Crippen LogP contribution in [0.5, 0.6) is 0 Å². The maximum Gasteiger partial charge on any atom is 0.161 e. The molecule has 1 nitrogen and oxygen atoms in total. The van der Waals surface area contributed by atoms with Gasteiger partial charge in [0.1, 0.15) is 0 Å². The minimum Gasteiger partial charge on any atom is -0.294 e. The highest BCUT2D eigenvalue weighted by molar-refractivity contribution is 8.03. The number of hydrogen-bond acceptors (Lipinski definition) is 2. The van der Waals surface area contributed by atoms with Gasteiger partial charge in [-0.15, -0.1) is 0 Å². The number of thioether (sulfide) groups is 1. The molecule has 0 aromatic heterocycles.